The van der Waals surface area contributed by atoms with Crippen molar-refractivity contribution in [1.29, 1.82) is 0 Å². The van der Waals surface area contributed by atoms with Crippen LogP contribution in [-0.2, 0) is 6.18 Å². The Bertz CT molecular complexity index is 470. The Morgan fingerprint density at radius 3 is 2.43 bits per heavy atom. The molecular weight excluding hydrogens is 285 g/mol. The number of alkyl halides is 3. The molecule has 0 aromatic heterocycles. The van der Waals surface area contributed by atoms with E-state index in [1.54, 1.807) is 0 Å². The van der Waals surface area contributed by atoms with E-state index in [0.29, 0.717) is 12.7 Å². The summed E-state index contributed by atoms with van der Waals surface area (Å²) in [5.74, 6) is -1.45. The third-order valence-electron chi connectivity index (χ3n) is 3.04. The molecule has 1 N–H and O–H groups in total. The van der Waals surface area contributed by atoms with Gasteiger partial charge in [0.25, 0.3) is 0 Å². The van der Waals surface area contributed by atoms with Crippen LogP contribution in [0.25, 0.3) is 0 Å². The Morgan fingerprint density at radius 1 is 1.19 bits per heavy atom. The standard InChI is InChI=1S/C15H19F3O3/c1-2-3-4-5-6-9-21-13-8-7-11(15(16,17)18)10-12(13)14(19)20/h7-8,10H,2-6,9H2,1H3,(H,19,20). The van der Waals surface area contributed by atoms with Gasteiger partial charge in [0.2, 0.25) is 0 Å². The Balaban J connectivity index is 2.67. The van der Waals surface area contributed by atoms with Crippen molar-refractivity contribution in [2.75, 3.05) is 6.61 Å². The van der Waals surface area contributed by atoms with Crippen molar-refractivity contribution >= 4 is 5.97 Å². The van der Waals surface area contributed by atoms with E-state index in [1.165, 1.54) is 0 Å². The largest absolute Gasteiger partial charge is 0.493 e. The first-order valence-corrected chi connectivity index (χ1v) is 6.93. The monoisotopic (exact) mass is 304 g/mol. The number of carbonyl (C=O) groups is 1. The molecule has 0 spiro atoms. The number of carboxylic acids is 1. The SMILES string of the molecule is CCCCCCCOc1ccc(C(F)(F)F)cc1C(=O)O. The lowest BCUT2D eigenvalue weighted by atomic mass is 10.1. The van der Waals surface area contributed by atoms with Gasteiger partial charge in [-0.05, 0) is 24.6 Å². The summed E-state index contributed by atoms with van der Waals surface area (Å²) in [6.07, 6.45) is 0.447. The molecule has 0 aliphatic heterocycles. The van der Waals surface area contributed by atoms with Crippen LogP contribution in [0.3, 0.4) is 0 Å². The van der Waals surface area contributed by atoms with E-state index in [1.807, 2.05) is 0 Å². The molecule has 0 unspecified atom stereocenters. The van der Waals surface area contributed by atoms with Crippen LogP contribution in [0.4, 0.5) is 13.2 Å². The average Bonchev–Trinajstić information content (AvgIpc) is 2.41. The summed E-state index contributed by atoms with van der Waals surface area (Å²) >= 11 is 0. The van der Waals surface area contributed by atoms with Crippen molar-refractivity contribution in [3.8, 4) is 5.75 Å². The van der Waals surface area contributed by atoms with Gasteiger partial charge in [0.05, 0.1) is 12.2 Å². The van der Waals surface area contributed by atoms with E-state index >= 15 is 0 Å². The fourth-order valence-electron chi connectivity index (χ4n) is 1.89. The lowest BCUT2D eigenvalue weighted by molar-refractivity contribution is -0.137. The van der Waals surface area contributed by atoms with Gasteiger partial charge in [0, 0.05) is 0 Å². The van der Waals surface area contributed by atoms with Crippen LogP contribution in [0.1, 0.15) is 54.9 Å². The highest BCUT2D eigenvalue weighted by Gasteiger charge is 2.32. The third-order valence-corrected chi connectivity index (χ3v) is 3.04. The number of benzene rings is 1. The lowest BCUT2D eigenvalue weighted by Gasteiger charge is -2.12. The number of ether oxygens (including phenoxy) is 1. The Kier molecular flexibility index (Phi) is 6.52. The topological polar surface area (TPSA) is 46.5 Å². The third kappa shape index (κ3) is 5.65. The predicted octanol–water partition coefficient (Wildman–Crippen LogP) is 4.75. The molecule has 0 saturated heterocycles. The first-order valence-electron chi connectivity index (χ1n) is 6.93. The quantitative estimate of drug-likeness (QED) is 0.705. The molecule has 1 rings (SSSR count). The summed E-state index contributed by atoms with van der Waals surface area (Å²) in [6.45, 7) is 2.40. The summed E-state index contributed by atoms with van der Waals surface area (Å²) in [6, 6.07) is 2.51. The van der Waals surface area contributed by atoms with Crippen LogP contribution in [0, 0.1) is 0 Å². The van der Waals surface area contributed by atoms with E-state index in [2.05, 4.69) is 6.92 Å². The molecule has 0 saturated carbocycles. The summed E-state index contributed by atoms with van der Waals surface area (Å²) in [7, 11) is 0. The van der Waals surface area contributed by atoms with Gasteiger partial charge in [-0.3, -0.25) is 0 Å². The van der Waals surface area contributed by atoms with Crippen LogP contribution in [0.2, 0.25) is 0 Å². The minimum Gasteiger partial charge on any atom is -0.493 e. The van der Waals surface area contributed by atoms with Gasteiger partial charge in [0.15, 0.2) is 0 Å². The van der Waals surface area contributed by atoms with Gasteiger partial charge in [0.1, 0.15) is 11.3 Å². The molecule has 0 bridgehead atoms. The number of unbranched alkanes of at least 4 members (excludes halogenated alkanes) is 4. The number of hydrogen-bond donors (Lipinski definition) is 1. The molecule has 0 atom stereocenters. The summed E-state index contributed by atoms with van der Waals surface area (Å²) in [5, 5.41) is 8.98. The van der Waals surface area contributed by atoms with E-state index in [0.717, 1.165) is 44.2 Å². The fraction of sp³-hybridized carbons (Fsp3) is 0.533. The van der Waals surface area contributed by atoms with Gasteiger partial charge in [-0.2, -0.15) is 13.2 Å². The molecule has 0 aliphatic carbocycles. The summed E-state index contributed by atoms with van der Waals surface area (Å²) in [4.78, 5) is 11.0. The first kappa shape index (κ1) is 17.3. The van der Waals surface area contributed by atoms with Crippen molar-refractivity contribution in [2.45, 2.75) is 45.2 Å². The van der Waals surface area contributed by atoms with Crippen molar-refractivity contribution < 1.29 is 27.8 Å². The number of carboxylic acid groups (broad SMARTS) is 1. The molecule has 118 valence electrons. The van der Waals surface area contributed by atoms with E-state index in [-0.39, 0.29) is 5.75 Å². The molecule has 6 heteroatoms. The highest BCUT2D eigenvalue weighted by molar-refractivity contribution is 5.91. The van der Waals surface area contributed by atoms with Crippen molar-refractivity contribution in [2.24, 2.45) is 0 Å². The molecule has 1 aromatic carbocycles. The Hall–Kier alpha value is -1.72. The number of rotatable bonds is 8. The first-order chi connectivity index (χ1) is 9.86. The second-order valence-electron chi connectivity index (χ2n) is 4.78. The highest BCUT2D eigenvalue weighted by Crippen LogP contribution is 2.32. The minimum absolute atomic E-state index is 0.0222. The van der Waals surface area contributed by atoms with E-state index in [9.17, 15) is 18.0 Å². The smallest absolute Gasteiger partial charge is 0.416 e. The molecule has 0 aliphatic rings. The molecule has 21 heavy (non-hydrogen) atoms. The lowest BCUT2D eigenvalue weighted by Crippen LogP contribution is -2.10. The van der Waals surface area contributed by atoms with Gasteiger partial charge < -0.3 is 9.84 Å². The van der Waals surface area contributed by atoms with Crippen LogP contribution in [0.5, 0.6) is 5.75 Å². The van der Waals surface area contributed by atoms with Crippen molar-refractivity contribution in [1.82, 2.24) is 0 Å². The number of hydrogen-bond acceptors (Lipinski definition) is 2. The second kappa shape index (κ2) is 7.90. The predicted molar refractivity (Wildman–Crippen MR) is 72.7 cm³/mol. The number of halogens is 3. The van der Waals surface area contributed by atoms with Crippen molar-refractivity contribution in [3.63, 3.8) is 0 Å². The zero-order chi connectivity index (χ0) is 15.9. The van der Waals surface area contributed by atoms with Crippen LogP contribution in [-0.4, -0.2) is 17.7 Å². The molecule has 3 nitrogen and oxygen atoms in total. The normalized spacial score (nSPS) is 11.4. The molecule has 0 amide bonds. The van der Waals surface area contributed by atoms with Crippen LogP contribution < -0.4 is 4.74 Å². The second-order valence-corrected chi connectivity index (χ2v) is 4.78. The molecule has 0 radical (unpaired) electrons. The maximum Gasteiger partial charge on any atom is 0.416 e. The van der Waals surface area contributed by atoms with Gasteiger partial charge in [-0.25, -0.2) is 4.79 Å². The summed E-state index contributed by atoms with van der Waals surface area (Å²) in [5.41, 5.74) is -1.45. The van der Waals surface area contributed by atoms with Crippen molar-refractivity contribution in [3.05, 3.63) is 29.3 Å². The Labute approximate surface area is 121 Å². The van der Waals surface area contributed by atoms with Crippen LogP contribution >= 0.6 is 0 Å². The van der Waals surface area contributed by atoms with Gasteiger partial charge in [-0.15, -0.1) is 0 Å². The van der Waals surface area contributed by atoms with Gasteiger partial charge >= 0.3 is 12.1 Å². The van der Waals surface area contributed by atoms with Gasteiger partial charge in [-0.1, -0.05) is 32.6 Å². The molecule has 0 fully saturated rings. The fourth-order valence-corrected chi connectivity index (χ4v) is 1.89. The molecule has 0 heterocycles. The molecule has 1 aromatic rings. The van der Waals surface area contributed by atoms with E-state index < -0.39 is 23.3 Å². The number of aromatic carboxylic acids is 1. The Morgan fingerprint density at radius 2 is 1.86 bits per heavy atom. The van der Waals surface area contributed by atoms with Crippen LogP contribution in [0.15, 0.2) is 18.2 Å². The highest BCUT2D eigenvalue weighted by atomic mass is 19.4. The zero-order valence-electron chi connectivity index (χ0n) is 11.9. The summed E-state index contributed by atoms with van der Waals surface area (Å²) < 4.78 is 43.0. The average molecular weight is 304 g/mol. The maximum absolute atomic E-state index is 12.6. The van der Waals surface area contributed by atoms with E-state index in [4.69, 9.17) is 9.84 Å². The maximum atomic E-state index is 12.6. The molecular formula is C15H19F3O3. The zero-order valence-corrected chi connectivity index (χ0v) is 11.9. The minimum atomic E-state index is -4.57.